The van der Waals surface area contributed by atoms with E-state index in [1.807, 2.05) is 13.8 Å². The highest BCUT2D eigenvalue weighted by Gasteiger charge is 2.04. The Morgan fingerprint density at radius 1 is 0.895 bits per heavy atom. The third-order valence-electron chi connectivity index (χ3n) is 1.97. The molecule has 0 bridgehead atoms. The number of rotatable bonds is 10. The molecule has 0 fully saturated rings. The van der Waals surface area contributed by atoms with Crippen LogP contribution in [0.4, 0.5) is 11.9 Å². The molecule has 0 spiro atoms. The number of ether oxygens (including phenoxy) is 2. The molecule has 0 atom stereocenters. The normalized spacial score (nSPS) is 10.5. The molecule has 0 aromatic carbocycles. The second-order valence-corrected chi connectivity index (χ2v) is 4.05. The second kappa shape index (κ2) is 9.71. The maximum absolute atomic E-state index is 5.81. The number of nitrogens with one attached hydrogen (secondary N) is 2. The van der Waals surface area contributed by atoms with Crippen molar-refractivity contribution in [2.24, 2.45) is 0 Å². The van der Waals surface area contributed by atoms with Gasteiger partial charge in [-0.1, -0.05) is 13.8 Å². The van der Waals surface area contributed by atoms with Crippen LogP contribution in [0.5, 0.6) is 0 Å². The average Bonchev–Trinajstić information content (AvgIpc) is 2.39. The van der Waals surface area contributed by atoms with Gasteiger partial charge in [0.15, 0.2) is 0 Å². The van der Waals surface area contributed by atoms with Crippen molar-refractivity contribution in [2.75, 3.05) is 37.3 Å². The van der Waals surface area contributed by atoms with Gasteiger partial charge < -0.3 is 20.1 Å². The van der Waals surface area contributed by atoms with Gasteiger partial charge in [-0.05, 0) is 24.4 Å². The third-order valence-corrected chi connectivity index (χ3v) is 2.14. The Hall–Kier alpha value is -1.18. The Labute approximate surface area is 118 Å². The van der Waals surface area contributed by atoms with E-state index in [0.29, 0.717) is 38.6 Å². The van der Waals surface area contributed by atoms with Crippen molar-refractivity contribution in [1.82, 2.24) is 15.0 Å². The molecule has 0 aliphatic heterocycles. The van der Waals surface area contributed by atoms with E-state index in [-0.39, 0.29) is 5.28 Å². The van der Waals surface area contributed by atoms with Crippen LogP contribution in [0.15, 0.2) is 0 Å². The highest BCUT2D eigenvalue weighted by atomic mass is 35.5. The SMILES string of the molecule is CCCOCNc1nc(Cl)nc(NCOCCC)n1. The van der Waals surface area contributed by atoms with Gasteiger partial charge >= 0.3 is 0 Å². The summed E-state index contributed by atoms with van der Waals surface area (Å²) in [6, 6.07) is 0. The summed E-state index contributed by atoms with van der Waals surface area (Å²) in [5.41, 5.74) is 0. The van der Waals surface area contributed by atoms with Crippen LogP contribution in [0.25, 0.3) is 0 Å². The zero-order valence-electron chi connectivity index (χ0n) is 11.3. The first-order valence-electron chi connectivity index (χ1n) is 6.31. The molecule has 0 saturated carbocycles. The molecule has 7 nitrogen and oxygen atoms in total. The van der Waals surface area contributed by atoms with Crippen molar-refractivity contribution in [3.8, 4) is 0 Å². The van der Waals surface area contributed by atoms with Crippen LogP contribution in [-0.2, 0) is 9.47 Å². The fraction of sp³-hybridized carbons (Fsp3) is 0.727. The molecule has 8 heteroatoms. The van der Waals surface area contributed by atoms with Gasteiger partial charge in [0.2, 0.25) is 17.2 Å². The van der Waals surface area contributed by atoms with Crippen LogP contribution in [0.2, 0.25) is 5.28 Å². The Morgan fingerprint density at radius 3 is 1.79 bits per heavy atom. The molecule has 19 heavy (non-hydrogen) atoms. The molecule has 1 aromatic rings. The van der Waals surface area contributed by atoms with E-state index in [4.69, 9.17) is 21.1 Å². The zero-order valence-corrected chi connectivity index (χ0v) is 12.0. The molecular formula is C11H20ClN5O2. The van der Waals surface area contributed by atoms with E-state index >= 15 is 0 Å². The van der Waals surface area contributed by atoms with Gasteiger partial charge in [0, 0.05) is 13.2 Å². The number of nitrogens with zero attached hydrogens (tertiary/aromatic N) is 3. The van der Waals surface area contributed by atoms with E-state index in [0.717, 1.165) is 12.8 Å². The summed E-state index contributed by atoms with van der Waals surface area (Å²) < 4.78 is 10.6. The lowest BCUT2D eigenvalue weighted by atomic mass is 10.5. The molecule has 1 rings (SSSR count). The fourth-order valence-corrected chi connectivity index (χ4v) is 1.33. The number of halogens is 1. The van der Waals surface area contributed by atoms with E-state index in [1.54, 1.807) is 0 Å². The molecule has 0 unspecified atom stereocenters. The predicted octanol–water partition coefficient (Wildman–Crippen LogP) is 2.12. The Bertz CT molecular complexity index is 337. The minimum absolute atomic E-state index is 0.117. The summed E-state index contributed by atoms with van der Waals surface area (Å²) >= 11 is 5.81. The first kappa shape index (κ1) is 15.9. The monoisotopic (exact) mass is 289 g/mol. The van der Waals surface area contributed by atoms with Crippen LogP contribution in [0, 0.1) is 0 Å². The zero-order chi connectivity index (χ0) is 13.9. The lowest BCUT2D eigenvalue weighted by molar-refractivity contribution is 0.152. The summed E-state index contributed by atoms with van der Waals surface area (Å²) in [4.78, 5) is 12.0. The van der Waals surface area contributed by atoms with Crippen molar-refractivity contribution in [3.05, 3.63) is 5.28 Å². The van der Waals surface area contributed by atoms with Crippen LogP contribution in [0.1, 0.15) is 26.7 Å². The third kappa shape index (κ3) is 7.09. The van der Waals surface area contributed by atoms with Gasteiger partial charge in [-0.25, -0.2) is 0 Å². The molecule has 2 N–H and O–H groups in total. The molecule has 1 heterocycles. The first-order valence-corrected chi connectivity index (χ1v) is 6.68. The predicted molar refractivity (Wildman–Crippen MR) is 74.3 cm³/mol. The quantitative estimate of drug-likeness (QED) is 0.504. The van der Waals surface area contributed by atoms with Gasteiger partial charge in [0.05, 0.1) is 0 Å². The van der Waals surface area contributed by atoms with Crippen LogP contribution >= 0.6 is 11.6 Å². The topological polar surface area (TPSA) is 81.2 Å². The Kier molecular flexibility index (Phi) is 8.11. The maximum Gasteiger partial charge on any atom is 0.230 e. The molecule has 108 valence electrons. The summed E-state index contributed by atoms with van der Waals surface area (Å²) in [5.74, 6) is 0.739. The van der Waals surface area contributed by atoms with Crippen molar-refractivity contribution in [1.29, 1.82) is 0 Å². The summed E-state index contributed by atoms with van der Waals surface area (Å²) in [6.07, 6.45) is 1.92. The Morgan fingerprint density at radius 2 is 1.37 bits per heavy atom. The average molecular weight is 290 g/mol. The minimum Gasteiger partial charge on any atom is -0.361 e. The molecule has 1 aromatic heterocycles. The standard InChI is InChI=1S/C11H20ClN5O2/c1-3-5-18-7-13-10-15-9(12)16-11(17-10)14-8-19-6-4-2/h3-8H2,1-2H3,(H2,13,14,15,16,17). The van der Waals surface area contributed by atoms with Crippen LogP contribution in [-0.4, -0.2) is 41.6 Å². The highest BCUT2D eigenvalue weighted by Crippen LogP contribution is 2.09. The highest BCUT2D eigenvalue weighted by molar-refractivity contribution is 6.28. The van der Waals surface area contributed by atoms with Gasteiger partial charge in [0.25, 0.3) is 0 Å². The molecule has 0 saturated heterocycles. The number of hydrogen-bond donors (Lipinski definition) is 2. The second-order valence-electron chi connectivity index (χ2n) is 3.71. The van der Waals surface area contributed by atoms with Crippen molar-refractivity contribution in [2.45, 2.75) is 26.7 Å². The van der Waals surface area contributed by atoms with E-state index in [2.05, 4.69) is 25.6 Å². The van der Waals surface area contributed by atoms with Crippen LogP contribution in [0.3, 0.4) is 0 Å². The van der Waals surface area contributed by atoms with Gasteiger partial charge in [-0.3, -0.25) is 0 Å². The van der Waals surface area contributed by atoms with Gasteiger partial charge in [0.1, 0.15) is 13.5 Å². The van der Waals surface area contributed by atoms with E-state index < -0.39 is 0 Å². The number of aromatic nitrogens is 3. The van der Waals surface area contributed by atoms with Crippen molar-refractivity contribution < 1.29 is 9.47 Å². The molecule has 0 aliphatic rings. The lowest BCUT2D eigenvalue weighted by Crippen LogP contribution is -2.14. The first-order chi connectivity index (χ1) is 9.26. The summed E-state index contributed by atoms with van der Waals surface area (Å²) in [7, 11) is 0. The molecular weight excluding hydrogens is 270 g/mol. The summed E-state index contributed by atoms with van der Waals surface area (Å²) in [5, 5.41) is 5.94. The van der Waals surface area contributed by atoms with E-state index in [9.17, 15) is 0 Å². The summed E-state index contributed by atoms with van der Waals surface area (Å²) in [6.45, 7) is 6.11. The van der Waals surface area contributed by atoms with Gasteiger partial charge in [-0.15, -0.1) is 0 Å². The minimum atomic E-state index is 0.117. The lowest BCUT2D eigenvalue weighted by Gasteiger charge is -2.08. The number of anilines is 2. The maximum atomic E-state index is 5.81. The molecule has 0 aliphatic carbocycles. The molecule has 0 radical (unpaired) electrons. The van der Waals surface area contributed by atoms with Gasteiger partial charge in [-0.2, -0.15) is 15.0 Å². The smallest absolute Gasteiger partial charge is 0.230 e. The Balaban J connectivity index is 2.41. The largest absolute Gasteiger partial charge is 0.361 e. The van der Waals surface area contributed by atoms with E-state index in [1.165, 1.54) is 0 Å². The van der Waals surface area contributed by atoms with Crippen molar-refractivity contribution >= 4 is 23.5 Å². The number of hydrogen-bond acceptors (Lipinski definition) is 7. The van der Waals surface area contributed by atoms with Crippen LogP contribution < -0.4 is 10.6 Å². The molecule has 0 amide bonds. The fourth-order valence-electron chi connectivity index (χ4n) is 1.17. The van der Waals surface area contributed by atoms with Crippen molar-refractivity contribution in [3.63, 3.8) is 0 Å².